The molecule has 6 rings (SSSR count). The number of hydrogen-bond donors (Lipinski definition) is 1. The Labute approximate surface area is 226 Å². The summed E-state index contributed by atoms with van der Waals surface area (Å²) in [5, 5.41) is 2.38. The molecule has 0 saturated carbocycles. The van der Waals surface area contributed by atoms with Crippen LogP contribution in [-0.2, 0) is 29.2 Å². The van der Waals surface area contributed by atoms with E-state index in [1.165, 1.54) is 5.56 Å². The highest BCUT2D eigenvalue weighted by Gasteiger charge is 2.42. The molecule has 7 nitrogen and oxygen atoms in total. The van der Waals surface area contributed by atoms with Crippen LogP contribution >= 0.6 is 0 Å². The van der Waals surface area contributed by atoms with Gasteiger partial charge in [0.15, 0.2) is 24.7 Å². The number of hydrogen-bond acceptors (Lipinski definition) is 5. The van der Waals surface area contributed by atoms with Gasteiger partial charge in [0.05, 0.1) is 5.69 Å². The van der Waals surface area contributed by atoms with Crippen LogP contribution in [0.4, 0.5) is 0 Å². The number of benzene rings is 2. The number of rotatable bonds is 7. The smallest absolute Gasteiger partial charge is 0.230 e. The van der Waals surface area contributed by atoms with Crippen molar-refractivity contribution in [2.45, 2.75) is 32.4 Å². The highest BCUT2D eigenvalue weighted by molar-refractivity contribution is 6.07. The normalized spacial score (nSPS) is 18.5. The van der Waals surface area contributed by atoms with Gasteiger partial charge in [-0.2, -0.15) is 0 Å². The minimum Gasteiger partial charge on any atom is -0.489 e. The number of carbonyl (C=O) groups excluding carboxylic acids is 3. The van der Waals surface area contributed by atoms with E-state index in [1.54, 1.807) is 12.3 Å². The van der Waals surface area contributed by atoms with Crippen molar-refractivity contribution in [2.75, 3.05) is 0 Å². The van der Waals surface area contributed by atoms with Gasteiger partial charge in [-0.25, -0.2) is 4.57 Å². The van der Waals surface area contributed by atoms with E-state index in [0.717, 1.165) is 28.9 Å². The summed E-state index contributed by atoms with van der Waals surface area (Å²) in [6, 6.07) is 23.8. The molecule has 2 aliphatic rings. The molecule has 2 unspecified atom stereocenters. The molecule has 1 N–H and O–H groups in total. The van der Waals surface area contributed by atoms with Gasteiger partial charge in [-0.3, -0.25) is 24.7 Å². The maximum Gasteiger partial charge on any atom is 0.230 e. The van der Waals surface area contributed by atoms with Crippen LogP contribution in [0.15, 0.2) is 91.4 Å². The minimum absolute atomic E-state index is 0.0418. The molecule has 0 radical (unpaired) electrons. The third-order valence-corrected chi connectivity index (χ3v) is 7.56. The van der Waals surface area contributed by atoms with E-state index in [0.29, 0.717) is 30.8 Å². The molecular weight excluding hydrogens is 490 g/mol. The number of ketones is 1. The van der Waals surface area contributed by atoms with Crippen molar-refractivity contribution in [3.8, 4) is 17.0 Å². The molecule has 7 heteroatoms. The Morgan fingerprint density at radius 3 is 2.41 bits per heavy atom. The van der Waals surface area contributed by atoms with Crippen LogP contribution in [-0.4, -0.2) is 22.6 Å². The molecule has 0 bridgehead atoms. The fourth-order valence-electron chi connectivity index (χ4n) is 5.45. The lowest BCUT2D eigenvalue weighted by molar-refractivity contribution is -0.688. The lowest BCUT2D eigenvalue weighted by atomic mass is 9.83. The summed E-state index contributed by atoms with van der Waals surface area (Å²) in [6.45, 7) is 1.12. The number of aromatic nitrogens is 2. The van der Waals surface area contributed by atoms with E-state index >= 15 is 0 Å². The third kappa shape index (κ3) is 5.21. The monoisotopic (exact) mass is 518 g/mol. The van der Waals surface area contributed by atoms with Gasteiger partial charge in [-0.1, -0.05) is 42.5 Å². The molecule has 4 aromatic rings. The largest absolute Gasteiger partial charge is 0.489 e. The van der Waals surface area contributed by atoms with Crippen molar-refractivity contribution in [3.05, 3.63) is 114 Å². The average Bonchev–Trinajstić information content (AvgIpc) is 3.30. The Balaban J connectivity index is 1.08. The Morgan fingerprint density at radius 1 is 0.872 bits per heavy atom. The molecule has 2 aromatic carbocycles. The second kappa shape index (κ2) is 10.6. The van der Waals surface area contributed by atoms with E-state index < -0.39 is 11.8 Å². The molecule has 1 fully saturated rings. The fourth-order valence-corrected chi connectivity index (χ4v) is 5.45. The summed E-state index contributed by atoms with van der Waals surface area (Å²) in [5.41, 5.74) is 5.69. The van der Waals surface area contributed by atoms with Crippen LogP contribution < -0.4 is 14.6 Å². The molecule has 1 aliphatic carbocycles. The van der Waals surface area contributed by atoms with Crippen LogP contribution in [0.1, 0.15) is 39.9 Å². The molecule has 194 valence electrons. The van der Waals surface area contributed by atoms with Gasteiger partial charge in [-0.05, 0) is 36.6 Å². The van der Waals surface area contributed by atoms with Crippen LogP contribution in [0.5, 0.6) is 5.75 Å². The molecule has 1 aliphatic heterocycles. The number of nitrogens with one attached hydrogen (secondary N) is 1. The molecule has 0 spiro atoms. The van der Waals surface area contributed by atoms with Crippen molar-refractivity contribution < 1.29 is 23.7 Å². The lowest BCUT2D eigenvalue weighted by Crippen LogP contribution is -2.44. The standard InChI is InChI=1S/C32H27N3O4/c36-30-12-11-25(32(38)34-30)27-18-26-24(31(27)37)4-3-6-29(26)39-20-22-9-7-21(8-10-22)19-35-16-13-23(14-17-35)28-5-1-2-15-33-28/h1-10,13-17,25,27H,11-12,18-20H2/p+1. The van der Waals surface area contributed by atoms with Gasteiger partial charge in [0.25, 0.3) is 0 Å². The second-order valence-electron chi connectivity index (χ2n) is 10.1. The highest BCUT2D eigenvalue weighted by atomic mass is 16.5. The molecule has 39 heavy (non-hydrogen) atoms. The van der Waals surface area contributed by atoms with Gasteiger partial charge in [0.1, 0.15) is 12.4 Å². The fraction of sp³-hybridized carbons (Fsp3) is 0.219. The second-order valence-corrected chi connectivity index (χ2v) is 10.1. The summed E-state index contributed by atoms with van der Waals surface area (Å²) in [5.74, 6) is -0.920. The zero-order chi connectivity index (χ0) is 26.8. The number of carbonyl (C=O) groups is 3. The van der Waals surface area contributed by atoms with Crippen molar-refractivity contribution >= 4 is 17.6 Å². The molecule has 2 aromatic heterocycles. The first-order chi connectivity index (χ1) is 19.0. The average molecular weight is 519 g/mol. The van der Waals surface area contributed by atoms with Crippen molar-refractivity contribution in [1.82, 2.24) is 10.3 Å². The van der Waals surface area contributed by atoms with E-state index in [4.69, 9.17) is 4.74 Å². The SMILES string of the molecule is O=C1CCC(C2Cc3c(OCc4ccc(C[n+]5ccc(-c6ccccn6)cc5)cc4)cccc3C2=O)C(=O)N1. The molecule has 3 heterocycles. The van der Waals surface area contributed by atoms with Gasteiger partial charge < -0.3 is 4.74 Å². The Hall–Kier alpha value is -4.65. The number of nitrogens with zero attached hydrogens (tertiary/aromatic N) is 2. The first kappa shape index (κ1) is 24.7. The van der Waals surface area contributed by atoms with Crippen LogP contribution in [0, 0.1) is 11.8 Å². The van der Waals surface area contributed by atoms with Crippen molar-refractivity contribution in [1.29, 1.82) is 0 Å². The first-order valence-corrected chi connectivity index (χ1v) is 13.2. The molecule has 2 atom stereocenters. The van der Waals surface area contributed by atoms with Crippen LogP contribution in [0.25, 0.3) is 11.3 Å². The lowest BCUT2D eigenvalue weighted by Gasteiger charge is -2.24. The number of fused-ring (bicyclic) bond motifs is 1. The predicted octanol–water partition coefficient (Wildman–Crippen LogP) is 4.07. The number of imide groups is 1. The predicted molar refractivity (Wildman–Crippen MR) is 144 cm³/mol. The van der Waals surface area contributed by atoms with E-state index in [1.807, 2.05) is 30.3 Å². The zero-order valence-electron chi connectivity index (χ0n) is 21.4. The van der Waals surface area contributed by atoms with E-state index in [9.17, 15) is 14.4 Å². The topological polar surface area (TPSA) is 89.2 Å². The number of amides is 2. The van der Waals surface area contributed by atoms with Gasteiger partial charge in [0, 0.05) is 58.8 Å². The van der Waals surface area contributed by atoms with Gasteiger partial charge >= 0.3 is 0 Å². The van der Waals surface area contributed by atoms with Crippen LogP contribution in [0.3, 0.4) is 0 Å². The molecule has 2 amide bonds. The summed E-state index contributed by atoms with van der Waals surface area (Å²) in [4.78, 5) is 41.4. The Kier molecular flexibility index (Phi) is 6.71. The summed E-state index contributed by atoms with van der Waals surface area (Å²) >= 11 is 0. The summed E-state index contributed by atoms with van der Waals surface area (Å²) in [6.07, 6.45) is 7.03. The van der Waals surface area contributed by atoms with E-state index in [2.05, 4.69) is 63.7 Å². The number of piperidine rings is 1. The maximum atomic E-state index is 13.1. The van der Waals surface area contributed by atoms with E-state index in [-0.39, 0.29) is 24.0 Å². The molecule has 1 saturated heterocycles. The Bertz CT molecular complexity index is 1530. The summed E-state index contributed by atoms with van der Waals surface area (Å²) < 4.78 is 8.28. The Morgan fingerprint density at radius 2 is 1.67 bits per heavy atom. The van der Waals surface area contributed by atoms with Gasteiger partial charge in [-0.15, -0.1) is 0 Å². The minimum atomic E-state index is -0.480. The number of pyridine rings is 2. The van der Waals surface area contributed by atoms with Crippen LogP contribution in [0.2, 0.25) is 0 Å². The van der Waals surface area contributed by atoms with Crippen molar-refractivity contribution in [3.63, 3.8) is 0 Å². The number of ether oxygens (including phenoxy) is 1. The quantitative estimate of drug-likeness (QED) is 0.294. The summed E-state index contributed by atoms with van der Waals surface area (Å²) in [7, 11) is 0. The zero-order valence-corrected chi connectivity index (χ0v) is 21.4. The highest BCUT2D eigenvalue weighted by Crippen LogP contribution is 2.39. The maximum absolute atomic E-state index is 13.1. The first-order valence-electron chi connectivity index (χ1n) is 13.2. The molecular formula is C32H28N3O4+. The third-order valence-electron chi connectivity index (χ3n) is 7.56. The number of Topliss-reactive ketones (excluding diaryl/α,β-unsaturated/α-hetero) is 1. The van der Waals surface area contributed by atoms with Crippen molar-refractivity contribution in [2.24, 2.45) is 11.8 Å². The van der Waals surface area contributed by atoms with Gasteiger partial charge in [0.2, 0.25) is 11.8 Å².